The van der Waals surface area contributed by atoms with Crippen LogP contribution < -0.4 is 5.32 Å². The fourth-order valence-electron chi connectivity index (χ4n) is 2.94. The van der Waals surface area contributed by atoms with Gasteiger partial charge in [0.25, 0.3) is 5.91 Å². The van der Waals surface area contributed by atoms with Crippen LogP contribution in [-0.2, 0) is 15.1 Å². The zero-order chi connectivity index (χ0) is 19.5. The van der Waals surface area contributed by atoms with Crippen LogP contribution in [0.5, 0.6) is 0 Å². The Morgan fingerprint density at radius 3 is 2.62 bits per heavy atom. The molecule has 1 aliphatic rings. The zero-order valence-electron chi connectivity index (χ0n) is 14.8. The molecule has 2 N–H and O–H groups in total. The normalized spacial score (nSPS) is 17.7. The van der Waals surface area contributed by atoms with Gasteiger partial charge < -0.3 is 15.2 Å². The predicted molar refractivity (Wildman–Crippen MR) is 95.6 cm³/mol. The average molecular weight is 389 g/mol. The maximum atomic E-state index is 13.1. The van der Waals surface area contributed by atoms with E-state index in [9.17, 15) is 23.1 Å². The largest absolute Gasteiger partial charge is 0.487 e. The molecule has 8 heteroatoms. The van der Waals surface area contributed by atoms with Gasteiger partial charge in [-0.15, -0.1) is 11.8 Å². The van der Waals surface area contributed by atoms with Crippen molar-refractivity contribution >= 4 is 23.4 Å². The van der Waals surface area contributed by atoms with Crippen molar-refractivity contribution in [1.29, 1.82) is 0 Å². The Labute approximate surface area is 154 Å². The molecule has 1 unspecified atom stereocenters. The number of carbonyl (C=O) groups excluding carboxylic acids is 1. The third-order valence-electron chi connectivity index (χ3n) is 3.81. The van der Waals surface area contributed by atoms with Crippen LogP contribution >= 0.6 is 11.8 Å². The molecule has 144 valence electrons. The molecule has 1 aromatic carbocycles. The van der Waals surface area contributed by atoms with Gasteiger partial charge in [-0.3, -0.25) is 4.79 Å². The third-order valence-corrected chi connectivity index (χ3v) is 4.84. The fourth-order valence-corrected chi connectivity index (χ4v) is 3.80. The van der Waals surface area contributed by atoms with Gasteiger partial charge in [0.05, 0.1) is 12.2 Å². The number of rotatable bonds is 5. The number of anilines is 1. The molecule has 26 heavy (non-hydrogen) atoms. The molecule has 0 aromatic heterocycles. The molecule has 0 fully saturated rings. The van der Waals surface area contributed by atoms with Gasteiger partial charge in [0, 0.05) is 17.0 Å². The summed E-state index contributed by atoms with van der Waals surface area (Å²) in [7, 11) is 0. The number of nitrogens with one attached hydrogen (secondary N) is 1. The SMILES string of the molecule is CC(C)CC(C)(O)c1ccccc1NC(=O)C1=C(C(F)(F)F)OCCS1. The van der Waals surface area contributed by atoms with E-state index in [1.807, 2.05) is 13.8 Å². The van der Waals surface area contributed by atoms with Crippen LogP contribution in [0, 0.1) is 5.92 Å². The Kier molecular flexibility index (Phi) is 6.29. The van der Waals surface area contributed by atoms with E-state index in [4.69, 9.17) is 0 Å². The van der Waals surface area contributed by atoms with Gasteiger partial charge in [-0.1, -0.05) is 32.0 Å². The molecule has 2 rings (SSSR count). The molecule has 0 saturated heterocycles. The van der Waals surface area contributed by atoms with Gasteiger partial charge in [0.1, 0.15) is 4.91 Å². The van der Waals surface area contributed by atoms with E-state index in [-0.39, 0.29) is 24.0 Å². The molecule has 0 radical (unpaired) electrons. The first-order valence-electron chi connectivity index (χ1n) is 8.22. The van der Waals surface area contributed by atoms with Crippen molar-refractivity contribution < 1.29 is 27.8 Å². The van der Waals surface area contributed by atoms with Crippen molar-refractivity contribution in [1.82, 2.24) is 0 Å². The lowest BCUT2D eigenvalue weighted by Gasteiger charge is -2.28. The van der Waals surface area contributed by atoms with E-state index in [0.717, 1.165) is 11.8 Å². The number of para-hydroxylation sites is 1. The maximum absolute atomic E-state index is 13.1. The van der Waals surface area contributed by atoms with Gasteiger partial charge in [-0.25, -0.2) is 0 Å². The summed E-state index contributed by atoms with van der Waals surface area (Å²) in [4.78, 5) is 12.0. The second-order valence-corrected chi connectivity index (χ2v) is 7.83. The number of benzene rings is 1. The summed E-state index contributed by atoms with van der Waals surface area (Å²) in [5.41, 5.74) is -0.489. The van der Waals surface area contributed by atoms with Gasteiger partial charge in [-0.05, 0) is 25.3 Å². The molecule has 1 heterocycles. The first-order valence-corrected chi connectivity index (χ1v) is 9.21. The summed E-state index contributed by atoms with van der Waals surface area (Å²) in [6, 6.07) is 6.57. The number of aliphatic hydroxyl groups is 1. The van der Waals surface area contributed by atoms with Crippen molar-refractivity contribution in [2.24, 2.45) is 5.92 Å². The van der Waals surface area contributed by atoms with Crippen molar-refractivity contribution in [2.75, 3.05) is 17.7 Å². The van der Waals surface area contributed by atoms with Crippen LogP contribution in [0.25, 0.3) is 0 Å². The molecule has 0 spiro atoms. The van der Waals surface area contributed by atoms with E-state index >= 15 is 0 Å². The van der Waals surface area contributed by atoms with E-state index < -0.39 is 28.3 Å². The van der Waals surface area contributed by atoms with E-state index in [1.165, 1.54) is 0 Å². The topological polar surface area (TPSA) is 58.6 Å². The number of hydrogen-bond acceptors (Lipinski definition) is 4. The Hall–Kier alpha value is -1.67. The minimum Gasteiger partial charge on any atom is -0.487 e. The van der Waals surface area contributed by atoms with Gasteiger partial charge in [0.15, 0.2) is 0 Å². The van der Waals surface area contributed by atoms with Gasteiger partial charge >= 0.3 is 6.18 Å². The first kappa shape index (κ1) is 20.6. The second-order valence-electron chi connectivity index (χ2n) is 6.72. The van der Waals surface area contributed by atoms with Crippen LogP contribution in [0.15, 0.2) is 34.9 Å². The number of allylic oxidation sites excluding steroid dienone is 1. The summed E-state index contributed by atoms with van der Waals surface area (Å²) in [5.74, 6) is -1.71. The van der Waals surface area contributed by atoms with Crippen LogP contribution in [0.1, 0.15) is 32.8 Å². The number of alkyl halides is 3. The van der Waals surface area contributed by atoms with Crippen LogP contribution in [0.4, 0.5) is 18.9 Å². The molecule has 0 aliphatic carbocycles. The van der Waals surface area contributed by atoms with Crippen LogP contribution in [-0.4, -0.2) is 29.5 Å². The van der Waals surface area contributed by atoms with E-state index in [0.29, 0.717) is 12.0 Å². The van der Waals surface area contributed by atoms with Crippen molar-refractivity contribution in [3.8, 4) is 0 Å². The lowest BCUT2D eigenvalue weighted by molar-refractivity contribution is -0.133. The first-order chi connectivity index (χ1) is 12.0. The van der Waals surface area contributed by atoms with Gasteiger partial charge in [0.2, 0.25) is 5.76 Å². The summed E-state index contributed by atoms with van der Waals surface area (Å²) in [6.45, 7) is 5.42. The fraction of sp³-hybridized carbons (Fsp3) is 0.500. The lowest BCUT2D eigenvalue weighted by atomic mass is 9.86. The van der Waals surface area contributed by atoms with Crippen molar-refractivity contribution in [2.45, 2.75) is 39.0 Å². The Balaban J connectivity index is 2.34. The standard InChI is InChI=1S/C18H22F3NO3S/c1-11(2)10-17(3,24)12-6-4-5-7-13(12)22-16(23)14-15(18(19,20)21)25-8-9-26-14/h4-7,11,24H,8-10H2,1-3H3,(H,22,23). The molecular formula is C18H22F3NO3S. The number of halogens is 3. The Morgan fingerprint density at radius 2 is 2.00 bits per heavy atom. The quantitative estimate of drug-likeness (QED) is 0.783. The smallest absolute Gasteiger partial charge is 0.450 e. The monoisotopic (exact) mass is 389 g/mol. The van der Waals surface area contributed by atoms with E-state index in [1.54, 1.807) is 31.2 Å². The number of hydrogen-bond donors (Lipinski definition) is 2. The summed E-state index contributed by atoms with van der Waals surface area (Å²) >= 11 is 0.810. The minimum atomic E-state index is -4.73. The van der Waals surface area contributed by atoms with Crippen LogP contribution in [0.3, 0.4) is 0 Å². The van der Waals surface area contributed by atoms with Gasteiger partial charge in [-0.2, -0.15) is 13.2 Å². The predicted octanol–water partition coefficient (Wildman–Crippen LogP) is 4.42. The number of ether oxygens (including phenoxy) is 1. The number of amides is 1. The molecular weight excluding hydrogens is 367 g/mol. The highest BCUT2D eigenvalue weighted by atomic mass is 32.2. The highest BCUT2D eigenvalue weighted by Crippen LogP contribution is 2.38. The summed E-state index contributed by atoms with van der Waals surface area (Å²) < 4.78 is 43.9. The Morgan fingerprint density at radius 1 is 1.35 bits per heavy atom. The molecule has 4 nitrogen and oxygen atoms in total. The Bertz CT molecular complexity index is 699. The highest BCUT2D eigenvalue weighted by molar-refractivity contribution is 8.04. The molecule has 1 atom stereocenters. The molecule has 1 aliphatic heterocycles. The molecule has 1 aromatic rings. The minimum absolute atomic E-state index is 0.101. The number of thioether (sulfide) groups is 1. The van der Waals surface area contributed by atoms with Crippen molar-refractivity contribution in [3.63, 3.8) is 0 Å². The molecule has 0 bridgehead atoms. The van der Waals surface area contributed by atoms with E-state index in [2.05, 4.69) is 10.1 Å². The highest BCUT2D eigenvalue weighted by Gasteiger charge is 2.42. The lowest BCUT2D eigenvalue weighted by Crippen LogP contribution is -2.29. The average Bonchev–Trinajstić information content (AvgIpc) is 2.53. The zero-order valence-corrected chi connectivity index (χ0v) is 15.6. The maximum Gasteiger partial charge on any atom is 0.450 e. The number of carbonyl (C=O) groups is 1. The van der Waals surface area contributed by atoms with Crippen LogP contribution in [0.2, 0.25) is 0 Å². The van der Waals surface area contributed by atoms with Crippen molar-refractivity contribution in [3.05, 3.63) is 40.5 Å². The third kappa shape index (κ3) is 4.94. The summed E-state index contributed by atoms with van der Waals surface area (Å²) in [5, 5.41) is 13.3. The molecule has 0 saturated carbocycles. The summed E-state index contributed by atoms with van der Waals surface area (Å²) in [6.07, 6.45) is -4.29. The second kappa shape index (κ2) is 7.92. The molecule has 1 amide bonds.